The van der Waals surface area contributed by atoms with E-state index in [4.69, 9.17) is 0 Å². The van der Waals surface area contributed by atoms with E-state index in [9.17, 15) is 0 Å². The number of rotatable bonds is 8. The molecule has 0 amide bonds. The molecule has 56 heavy (non-hydrogen) atoms. The van der Waals surface area contributed by atoms with Crippen LogP contribution in [0, 0.1) is 0 Å². The first kappa shape index (κ1) is 33.9. The lowest BCUT2D eigenvalue weighted by Gasteiger charge is -2.28. The Balaban J connectivity index is 1.19. The molecule has 0 bridgehead atoms. The minimum absolute atomic E-state index is 1.09. The number of fused-ring (bicyclic) bond motifs is 2. The third-order valence-electron chi connectivity index (χ3n) is 11.6. The fourth-order valence-corrected chi connectivity index (χ4v) is 8.92. The molecule has 2 aromatic heterocycles. The fraction of sp³-hybridized carbons (Fsp3) is 0.111. The van der Waals surface area contributed by atoms with Gasteiger partial charge in [0.1, 0.15) is 0 Å². The van der Waals surface area contributed by atoms with E-state index in [1.165, 1.54) is 91.3 Å². The highest BCUT2D eigenvalue weighted by Crippen LogP contribution is 2.48. The average Bonchev–Trinajstić information content (AvgIpc) is 3.63. The van der Waals surface area contributed by atoms with Gasteiger partial charge < -0.3 is 9.30 Å². The lowest BCUT2D eigenvalue weighted by atomic mass is 9.91. The summed E-state index contributed by atoms with van der Waals surface area (Å²) in [6, 6.07) is 60.4. The van der Waals surface area contributed by atoms with E-state index < -0.39 is 0 Å². The summed E-state index contributed by atoms with van der Waals surface area (Å²) in [4.78, 5) is 2.45. The van der Waals surface area contributed by atoms with Crippen molar-refractivity contribution < 1.29 is 0 Å². The highest BCUT2D eigenvalue weighted by molar-refractivity contribution is 6.11. The first-order chi connectivity index (χ1) is 27.8. The first-order valence-electron chi connectivity index (χ1n) is 20.1. The van der Waals surface area contributed by atoms with Gasteiger partial charge in [0.25, 0.3) is 0 Å². The predicted molar refractivity (Wildman–Crippen MR) is 239 cm³/mol. The van der Waals surface area contributed by atoms with Crippen molar-refractivity contribution in [3.05, 3.63) is 205 Å². The number of aromatic nitrogens is 1. The molecule has 2 heterocycles. The molecular weight excluding hydrogens is 677 g/mol. The first-order valence-corrected chi connectivity index (χ1v) is 20.1. The van der Waals surface area contributed by atoms with Crippen LogP contribution in [0.2, 0.25) is 0 Å². The SMILES string of the molecule is C1=CC(c2ccc(N(c3ccc(C4=CCCCC4)cc3)c3ccc(-c4c(-c5ccccc5)c(-c5ccccc5)c5ccccn45)c4ccccc34)cc2)=CCC1. The monoisotopic (exact) mass is 720 g/mol. The Morgan fingerprint density at radius 3 is 1.80 bits per heavy atom. The molecule has 270 valence electrons. The Morgan fingerprint density at radius 2 is 1.12 bits per heavy atom. The van der Waals surface area contributed by atoms with Crippen LogP contribution in [0.3, 0.4) is 0 Å². The lowest BCUT2D eigenvalue weighted by Crippen LogP contribution is -2.11. The zero-order valence-corrected chi connectivity index (χ0v) is 31.6. The topological polar surface area (TPSA) is 7.65 Å². The van der Waals surface area contributed by atoms with Gasteiger partial charge in [0, 0.05) is 39.6 Å². The van der Waals surface area contributed by atoms with E-state index in [-0.39, 0.29) is 0 Å². The number of anilines is 3. The standard InChI is InChI=1S/C54H44N2/c1-5-17-39(18-6-1)41-28-32-45(33-29-41)56(46-34-30-42(31-35-46)40-19-7-2-8-20-40)50-37-36-49(47-25-13-14-26-48(47)50)54-53(44-23-11-4-12-24-44)52(43-21-9-3-10-22-43)51-27-15-16-38-55(51)54/h3-5,9-19,21-38H,1-2,6-8,20H2. The number of allylic oxidation sites excluding steroid dienone is 6. The van der Waals surface area contributed by atoms with Gasteiger partial charge in [-0.25, -0.2) is 0 Å². The Labute approximate surface area is 330 Å². The Kier molecular flexibility index (Phi) is 9.01. The summed E-state index contributed by atoms with van der Waals surface area (Å²) in [5, 5.41) is 2.42. The van der Waals surface area contributed by atoms with Crippen molar-refractivity contribution in [2.45, 2.75) is 38.5 Å². The molecule has 10 rings (SSSR count). The summed E-state index contributed by atoms with van der Waals surface area (Å²) in [7, 11) is 0. The second-order valence-corrected chi connectivity index (χ2v) is 15.0. The van der Waals surface area contributed by atoms with Crippen LogP contribution in [-0.2, 0) is 0 Å². The van der Waals surface area contributed by atoms with Gasteiger partial charge in [0.05, 0.1) is 16.9 Å². The summed E-state index contributed by atoms with van der Waals surface area (Å²) in [6.07, 6.45) is 18.7. The van der Waals surface area contributed by atoms with Crippen LogP contribution in [-0.4, -0.2) is 4.40 Å². The number of hydrogen-bond acceptors (Lipinski definition) is 1. The van der Waals surface area contributed by atoms with Gasteiger partial charge in [-0.05, 0) is 120 Å². The summed E-state index contributed by atoms with van der Waals surface area (Å²) >= 11 is 0. The van der Waals surface area contributed by atoms with E-state index in [1.54, 1.807) is 0 Å². The lowest BCUT2D eigenvalue weighted by molar-refractivity contribution is 0.742. The van der Waals surface area contributed by atoms with Crippen molar-refractivity contribution in [1.82, 2.24) is 4.40 Å². The molecule has 0 fully saturated rings. The van der Waals surface area contributed by atoms with Gasteiger partial charge >= 0.3 is 0 Å². The van der Waals surface area contributed by atoms with Gasteiger partial charge in [-0.1, -0.05) is 146 Å². The highest BCUT2D eigenvalue weighted by atomic mass is 15.1. The van der Waals surface area contributed by atoms with Gasteiger partial charge in [-0.15, -0.1) is 0 Å². The number of benzene rings is 6. The largest absolute Gasteiger partial charge is 0.315 e. The van der Waals surface area contributed by atoms with Crippen LogP contribution < -0.4 is 4.90 Å². The summed E-state index contributed by atoms with van der Waals surface area (Å²) < 4.78 is 2.40. The molecule has 0 N–H and O–H groups in total. The molecule has 0 atom stereocenters. The van der Waals surface area contributed by atoms with Crippen LogP contribution in [0.4, 0.5) is 17.1 Å². The maximum Gasteiger partial charge on any atom is 0.0619 e. The molecular formula is C54H44N2. The van der Waals surface area contributed by atoms with E-state index in [2.05, 4.69) is 204 Å². The molecule has 0 radical (unpaired) electrons. The van der Waals surface area contributed by atoms with Crippen molar-refractivity contribution >= 4 is 44.5 Å². The molecule has 0 spiro atoms. The van der Waals surface area contributed by atoms with E-state index in [0.29, 0.717) is 0 Å². The van der Waals surface area contributed by atoms with Crippen LogP contribution in [0.5, 0.6) is 0 Å². The van der Waals surface area contributed by atoms with Crippen molar-refractivity contribution in [1.29, 1.82) is 0 Å². The molecule has 8 aromatic rings. The molecule has 0 unspecified atom stereocenters. The maximum atomic E-state index is 2.45. The maximum absolute atomic E-state index is 2.45. The zero-order chi connectivity index (χ0) is 37.3. The summed E-state index contributed by atoms with van der Waals surface area (Å²) in [6.45, 7) is 0. The van der Waals surface area contributed by atoms with Crippen LogP contribution >= 0.6 is 0 Å². The van der Waals surface area contributed by atoms with Gasteiger partial charge in [-0.2, -0.15) is 0 Å². The van der Waals surface area contributed by atoms with Gasteiger partial charge in [0.15, 0.2) is 0 Å². The smallest absolute Gasteiger partial charge is 0.0619 e. The van der Waals surface area contributed by atoms with Crippen LogP contribution in [0.15, 0.2) is 194 Å². The molecule has 2 nitrogen and oxygen atoms in total. The van der Waals surface area contributed by atoms with Gasteiger partial charge in [0.2, 0.25) is 0 Å². The van der Waals surface area contributed by atoms with Crippen LogP contribution in [0.25, 0.3) is 60.9 Å². The second-order valence-electron chi connectivity index (χ2n) is 15.0. The minimum atomic E-state index is 1.09. The van der Waals surface area contributed by atoms with E-state index >= 15 is 0 Å². The molecule has 0 aliphatic heterocycles. The van der Waals surface area contributed by atoms with Crippen LogP contribution in [0.1, 0.15) is 49.7 Å². The predicted octanol–water partition coefficient (Wildman–Crippen LogP) is 15.3. The van der Waals surface area contributed by atoms with E-state index in [1.807, 2.05) is 0 Å². The average molecular weight is 721 g/mol. The molecule has 2 aliphatic carbocycles. The molecule has 0 saturated heterocycles. The molecule has 0 saturated carbocycles. The number of pyridine rings is 1. The second kappa shape index (κ2) is 14.9. The molecule has 6 aromatic carbocycles. The zero-order valence-electron chi connectivity index (χ0n) is 31.6. The molecule has 2 aliphatic rings. The number of hydrogen-bond donors (Lipinski definition) is 0. The quantitative estimate of drug-likeness (QED) is 0.152. The highest BCUT2D eigenvalue weighted by Gasteiger charge is 2.25. The molecule has 2 heteroatoms. The van der Waals surface area contributed by atoms with Crippen molar-refractivity contribution in [2.24, 2.45) is 0 Å². The van der Waals surface area contributed by atoms with Crippen molar-refractivity contribution in [3.8, 4) is 33.5 Å². The summed E-state index contributed by atoms with van der Waals surface area (Å²) in [5.41, 5.74) is 17.3. The number of nitrogens with zero attached hydrogens (tertiary/aromatic N) is 2. The van der Waals surface area contributed by atoms with Crippen molar-refractivity contribution in [3.63, 3.8) is 0 Å². The summed E-state index contributed by atoms with van der Waals surface area (Å²) in [5.74, 6) is 0. The Hall–Kier alpha value is -6.64. The normalized spacial score (nSPS) is 14.1. The fourth-order valence-electron chi connectivity index (χ4n) is 8.92. The Morgan fingerprint density at radius 1 is 0.464 bits per heavy atom. The Bertz CT molecular complexity index is 2760. The third kappa shape index (κ3) is 6.18. The van der Waals surface area contributed by atoms with Crippen molar-refractivity contribution in [2.75, 3.05) is 4.90 Å². The van der Waals surface area contributed by atoms with Gasteiger partial charge in [-0.3, -0.25) is 0 Å². The third-order valence-corrected chi connectivity index (χ3v) is 11.6. The van der Waals surface area contributed by atoms with E-state index in [0.717, 1.165) is 36.3 Å². The minimum Gasteiger partial charge on any atom is -0.315 e.